The van der Waals surface area contributed by atoms with E-state index < -0.39 is 18.0 Å². The summed E-state index contributed by atoms with van der Waals surface area (Å²) in [5.41, 5.74) is 0.908. The van der Waals surface area contributed by atoms with Crippen LogP contribution >= 0.6 is 0 Å². The lowest BCUT2D eigenvalue weighted by Crippen LogP contribution is -2.44. The molecule has 0 saturated heterocycles. The smallest absolute Gasteiger partial charge is 0.407 e. The van der Waals surface area contributed by atoms with Gasteiger partial charge < -0.3 is 15.2 Å². The van der Waals surface area contributed by atoms with Gasteiger partial charge in [-0.25, -0.2) is 4.79 Å². The monoisotopic (exact) mass is 305 g/mol. The van der Waals surface area contributed by atoms with E-state index in [1.807, 2.05) is 30.3 Å². The molecule has 1 aromatic rings. The normalized spacial score (nSPS) is 22.2. The Kier molecular flexibility index (Phi) is 6.25. The molecule has 2 rings (SSSR count). The van der Waals surface area contributed by atoms with Crippen LogP contribution < -0.4 is 5.32 Å². The van der Waals surface area contributed by atoms with E-state index in [1.165, 1.54) is 0 Å². The number of hydrogen-bond donors (Lipinski definition) is 2. The first-order chi connectivity index (χ1) is 10.7. The second-order valence-corrected chi connectivity index (χ2v) is 5.75. The Labute approximate surface area is 130 Å². The highest BCUT2D eigenvalue weighted by molar-refractivity contribution is 5.73. The van der Waals surface area contributed by atoms with E-state index >= 15 is 0 Å². The summed E-state index contributed by atoms with van der Waals surface area (Å²) in [4.78, 5) is 23.3. The molecule has 22 heavy (non-hydrogen) atoms. The van der Waals surface area contributed by atoms with Crippen molar-refractivity contribution < 1.29 is 19.4 Å². The molecule has 2 N–H and O–H groups in total. The zero-order chi connectivity index (χ0) is 15.8. The summed E-state index contributed by atoms with van der Waals surface area (Å²) in [6.45, 7) is 0.192. The average Bonchev–Trinajstić information content (AvgIpc) is 2.49. The molecule has 0 bridgehead atoms. The number of carboxylic acid groups (broad SMARTS) is 1. The van der Waals surface area contributed by atoms with Crippen molar-refractivity contribution in [2.75, 3.05) is 0 Å². The number of carbonyl (C=O) groups excluding carboxylic acids is 1. The van der Waals surface area contributed by atoms with Crippen molar-refractivity contribution in [1.82, 2.24) is 5.32 Å². The number of aliphatic carboxylic acids is 1. The van der Waals surface area contributed by atoms with Crippen molar-refractivity contribution in [3.63, 3.8) is 0 Å². The predicted octanol–water partition coefficient (Wildman–Crippen LogP) is 3.34. The fourth-order valence-corrected chi connectivity index (χ4v) is 2.87. The summed E-state index contributed by atoms with van der Waals surface area (Å²) >= 11 is 0. The standard InChI is InChI=1S/C17H23NO4/c19-16(20)14-10-6-1-2-7-11-15(14)18-17(21)22-12-13-8-4-3-5-9-13/h3-5,8-9,14-15H,1-2,6-7,10-12H2,(H,18,21)(H,19,20)/t14-,15+/m1/s1. The van der Waals surface area contributed by atoms with Crippen LogP contribution in [0.15, 0.2) is 30.3 Å². The molecule has 0 radical (unpaired) electrons. The minimum atomic E-state index is -0.838. The molecule has 5 nitrogen and oxygen atoms in total. The van der Waals surface area contributed by atoms with Gasteiger partial charge in [-0.05, 0) is 18.4 Å². The molecule has 0 aromatic heterocycles. The predicted molar refractivity (Wildman–Crippen MR) is 82.4 cm³/mol. The van der Waals surface area contributed by atoms with Gasteiger partial charge in [-0.1, -0.05) is 56.0 Å². The zero-order valence-electron chi connectivity index (χ0n) is 12.7. The number of nitrogens with one attached hydrogen (secondary N) is 1. The fraction of sp³-hybridized carbons (Fsp3) is 0.529. The summed E-state index contributed by atoms with van der Waals surface area (Å²) < 4.78 is 5.19. The molecule has 0 aliphatic heterocycles. The van der Waals surface area contributed by atoms with Gasteiger partial charge in [-0.15, -0.1) is 0 Å². The first-order valence-corrected chi connectivity index (χ1v) is 7.87. The van der Waals surface area contributed by atoms with Gasteiger partial charge in [0.05, 0.1) is 5.92 Å². The first kappa shape index (κ1) is 16.3. The van der Waals surface area contributed by atoms with Crippen molar-refractivity contribution >= 4 is 12.1 Å². The Morgan fingerprint density at radius 2 is 1.77 bits per heavy atom. The number of alkyl carbamates (subject to hydrolysis) is 1. The maximum Gasteiger partial charge on any atom is 0.407 e. The molecule has 0 unspecified atom stereocenters. The van der Waals surface area contributed by atoms with Gasteiger partial charge in [-0.2, -0.15) is 0 Å². The second-order valence-electron chi connectivity index (χ2n) is 5.75. The van der Waals surface area contributed by atoms with E-state index in [0.717, 1.165) is 31.2 Å². The van der Waals surface area contributed by atoms with E-state index in [2.05, 4.69) is 5.32 Å². The minimum absolute atomic E-state index is 0.192. The Balaban J connectivity index is 1.87. The molecule has 1 saturated carbocycles. The number of carboxylic acids is 1. The van der Waals surface area contributed by atoms with Crippen LogP contribution in [-0.4, -0.2) is 23.2 Å². The zero-order valence-corrected chi connectivity index (χ0v) is 12.7. The van der Waals surface area contributed by atoms with E-state index in [4.69, 9.17) is 4.74 Å². The molecule has 1 amide bonds. The van der Waals surface area contributed by atoms with E-state index in [9.17, 15) is 14.7 Å². The topological polar surface area (TPSA) is 75.6 Å². The summed E-state index contributed by atoms with van der Waals surface area (Å²) in [6.07, 6.45) is 4.75. The highest BCUT2D eigenvalue weighted by Gasteiger charge is 2.30. The molecule has 1 aliphatic carbocycles. The highest BCUT2D eigenvalue weighted by Crippen LogP contribution is 2.23. The Bertz CT molecular complexity index is 489. The molecule has 120 valence electrons. The Hall–Kier alpha value is -2.04. The van der Waals surface area contributed by atoms with Crippen LogP contribution in [0.4, 0.5) is 4.79 Å². The van der Waals surface area contributed by atoms with E-state index in [1.54, 1.807) is 0 Å². The SMILES string of the molecule is O=C(N[C@H]1CCCCCC[C@H]1C(=O)O)OCc1ccccc1. The molecule has 0 heterocycles. The van der Waals surface area contributed by atoms with Gasteiger partial charge >= 0.3 is 12.1 Å². The van der Waals surface area contributed by atoms with Gasteiger partial charge in [0.1, 0.15) is 6.61 Å². The van der Waals surface area contributed by atoms with Crippen LogP contribution in [-0.2, 0) is 16.1 Å². The van der Waals surface area contributed by atoms with Crippen LogP contribution in [0.3, 0.4) is 0 Å². The Morgan fingerprint density at radius 1 is 1.09 bits per heavy atom. The van der Waals surface area contributed by atoms with Crippen molar-refractivity contribution in [1.29, 1.82) is 0 Å². The van der Waals surface area contributed by atoms with Crippen LogP contribution in [0, 0.1) is 5.92 Å². The molecule has 2 atom stereocenters. The molecular formula is C17H23NO4. The maximum absolute atomic E-state index is 11.9. The Morgan fingerprint density at radius 3 is 2.45 bits per heavy atom. The average molecular weight is 305 g/mol. The second kappa shape index (κ2) is 8.41. The molecule has 1 aliphatic rings. The van der Waals surface area contributed by atoms with Crippen molar-refractivity contribution in [2.24, 2.45) is 5.92 Å². The number of benzene rings is 1. The minimum Gasteiger partial charge on any atom is -0.481 e. The number of hydrogen-bond acceptors (Lipinski definition) is 3. The van der Waals surface area contributed by atoms with Crippen molar-refractivity contribution in [2.45, 2.75) is 51.2 Å². The molecule has 1 aromatic carbocycles. The molecular weight excluding hydrogens is 282 g/mol. The van der Waals surface area contributed by atoms with Crippen LogP contribution in [0.5, 0.6) is 0 Å². The third-order valence-corrected chi connectivity index (χ3v) is 4.10. The largest absolute Gasteiger partial charge is 0.481 e. The van der Waals surface area contributed by atoms with E-state index in [-0.39, 0.29) is 12.6 Å². The van der Waals surface area contributed by atoms with Gasteiger partial charge in [0.2, 0.25) is 0 Å². The van der Waals surface area contributed by atoms with Gasteiger partial charge in [0, 0.05) is 6.04 Å². The quantitative estimate of drug-likeness (QED) is 0.894. The third kappa shape index (κ3) is 5.06. The molecule has 0 spiro atoms. The van der Waals surface area contributed by atoms with Crippen LogP contribution in [0.25, 0.3) is 0 Å². The highest BCUT2D eigenvalue weighted by atomic mass is 16.5. The molecule has 5 heteroatoms. The lowest BCUT2D eigenvalue weighted by Gasteiger charge is -2.26. The number of carbonyl (C=O) groups is 2. The van der Waals surface area contributed by atoms with Gasteiger partial charge in [-0.3, -0.25) is 4.79 Å². The van der Waals surface area contributed by atoms with Crippen molar-refractivity contribution in [3.05, 3.63) is 35.9 Å². The van der Waals surface area contributed by atoms with Crippen LogP contribution in [0.1, 0.15) is 44.1 Å². The summed E-state index contributed by atoms with van der Waals surface area (Å²) in [5, 5.41) is 12.1. The number of amides is 1. The summed E-state index contributed by atoms with van der Waals surface area (Å²) in [5.74, 6) is -1.36. The van der Waals surface area contributed by atoms with E-state index in [0.29, 0.717) is 12.8 Å². The third-order valence-electron chi connectivity index (χ3n) is 4.10. The lowest BCUT2D eigenvalue weighted by molar-refractivity contribution is -0.143. The van der Waals surface area contributed by atoms with Crippen LogP contribution in [0.2, 0.25) is 0 Å². The first-order valence-electron chi connectivity index (χ1n) is 7.87. The number of ether oxygens (including phenoxy) is 1. The summed E-state index contributed by atoms with van der Waals surface area (Å²) in [6, 6.07) is 9.07. The fourth-order valence-electron chi connectivity index (χ4n) is 2.87. The van der Waals surface area contributed by atoms with Gasteiger partial charge in [0.15, 0.2) is 0 Å². The lowest BCUT2D eigenvalue weighted by atomic mass is 9.87. The van der Waals surface area contributed by atoms with Crippen molar-refractivity contribution in [3.8, 4) is 0 Å². The van der Waals surface area contributed by atoms with Gasteiger partial charge in [0.25, 0.3) is 0 Å². The molecule has 1 fully saturated rings. The summed E-state index contributed by atoms with van der Waals surface area (Å²) in [7, 11) is 0. The maximum atomic E-state index is 11.9. The number of rotatable bonds is 4.